The number of benzene rings is 2. The molecule has 0 spiro atoms. The fourth-order valence-corrected chi connectivity index (χ4v) is 4.47. The molecule has 1 atom stereocenters. The number of rotatable bonds is 7. The summed E-state index contributed by atoms with van der Waals surface area (Å²) in [5.41, 5.74) is 2.14. The summed E-state index contributed by atoms with van der Waals surface area (Å²) in [5.74, 6) is -0.169. The van der Waals surface area contributed by atoms with Crippen molar-refractivity contribution in [2.75, 3.05) is 40.4 Å². The van der Waals surface area contributed by atoms with Crippen molar-refractivity contribution in [2.45, 2.75) is 5.92 Å². The second-order valence-electron chi connectivity index (χ2n) is 7.13. The minimum atomic E-state index is -4.93. The molecule has 4 rings (SSSR count). The maximum Gasteiger partial charge on any atom is 0.525 e. The third-order valence-corrected chi connectivity index (χ3v) is 5.79. The van der Waals surface area contributed by atoms with Crippen molar-refractivity contribution in [3.63, 3.8) is 0 Å². The van der Waals surface area contributed by atoms with Gasteiger partial charge < -0.3 is 33.5 Å². The van der Waals surface area contributed by atoms with Crippen LogP contribution in [-0.4, -0.2) is 50.8 Å². The van der Waals surface area contributed by atoms with Gasteiger partial charge in [-0.3, -0.25) is 9.79 Å². The van der Waals surface area contributed by atoms with E-state index in [2.05, 4.69) is 5.32 Å². The van der Waals surface area contributed by atoms with Gasteiger partial charge in [-0.05, 0) is 29.3 Å². The summed E-state index contributed by atoms with van der Waals surface area (Å²) in [5, 5.41) is 3.03. The highest BCUT2D eigenvalue weighted by Crippen LogP contribution is 2.54. The van der Waals surface area contributed by atoms with Gasteiger partial charge in [-0.25, -0.2) is 9.36 Å². The molecule has 0 aromatic heterocycles. The van der Waals surface area contributed by atoms with Crippen LogP contribution in [0.4, 0.5) is 5.69 Å². The molecule has 0 radical (unpaired) electrons. The first-order chi connectivity index (χ1) is 15.7. The van der Waals surface area contributed by atoms with Gasteiger partial charge in [-0.15, -0.1) is 0 Å². The van der Waals surface area contributed by atoms with Crippen LogP contribution in [0.15, 0.2) is 35.5 Å². The highest BCUT2D eigenvalue weighted by Gasteiger charge is 2.41. The monoisotopic (exact) mass is 479 g/mol. The Morgan fingerprint density at radius 1 is 0.970 bits per heavy atom. The number of nitrogens with one attached hydrogen (secondary N) is 1. The third-order valence-electron chi connectivity index (χ3n) is 5.37. The number of cyclic esters (lactones) is 1. The van der Waals surface area contributed by atoms with E-state index in [9.17, 15) is 19.1 Å². The molecule has 2 aliphatic heterocycles. The molecule has 12 heteroatoms. The largest absolute Gasteiger partial charge is 0.525 e. The second kappa shape index (κ2) is 8.51. The molecule has 33 heavy (non-hydrogen) atoms. The fraction of sp³-hybridized carbons (Fsp3) is 0.286. The molecule has 1 unspecified atom stereocenters. The van der Waals surface area contributed by atoms with E-state index in [1.54, 1.807) is 18.2 Å². The molecule has 2 aliphatic rings. The number of hydrogen-bond acceptors (Lipinski definition) is 9. The number of methoxy groups -OCH3 is 4. The van der Waals surface area contributed by atoms with Crippen LogP contribution in [0.3, 0.4) is 0 Å². The molecule has 0 aliphatic carbocycles. The Labute approximate surface area is 189 Å². The third kappa shape index (κ3) is 3.95. The molecule has 0 saturated carbocycles. The van der Waals surface area contributed by atoms with Crippen molar-refractivity contribution in [1.82, 2.24) is 0 Å². The predicted octanol–water partition coefficient (Wildman–Crippen LogP) is 2.56. The quantitative estimate of drug-likeness (QED) is 0.398. The molecule has 0 saturated heterocycles. The second-order valence-corrected chi connectivity index (χ2v) is 8.29. The van der Waals surface area contributed by atoms with Gasteiger partial charge >= 0.3 is 13.8 Å². The topological polar surface area (TPSA) is 142 Å². The Morgan fingerprint density at radius 2 is 1.61 bits per heavy atom. The number of carbonyl (C=O) groups excluding carboxylic acids is 1. The van der Waals surface area contributed by atoms with Gasteiger partial charge in [0.2, 0.25) is 5.75 Å². The molecule has 2 aromatic carbocycles. The maximum atomic E-state index is 12.7. The molecular formula is C21H22NO10P. The zero-order valence-corrected chi connectivity index (χ0v) is 19.1. The van der Waals surface area contributed by atoms with E-state index in [0.29, 0.717) is 39.6 Å². The summed E-state index contributed by atoms with van der Waals surface area (Å²) in [4.78, 5) is 31.6. The van der Waals surface area contributed by atoms with Crippen LogP contribution in [-0.2, 0) is 14.1 Å². The summed E-state index contributed by atoms with van der Waals surface area (Å²) in [6.07, 6.45) is 0. The number of ether oxygens (including phenoxy) is 5. The standard InChI is InChI=1S/C21H22NO10P/c1-27-13-6-5-11-16(10-7-14(28-2)19(30-4)15(8-10)29-3)17-12(9-31-21(17)23)22-18(11)20(13)32-33(24,25)26/h5-8,16,22H,9H2,1-4H3,(H2,24,25,26). The molecule has 0 bridgehead atoms. The number of esters is 1. The summed E-state index contributed by atoms with van der Waals surface area (Å²) in [7, 11) is 0.844. The van der Waals surface area contributed by atoms with Crippen LogP contribution < -0.4 is 28.8 Å². The summed E-state index contributed by atoms with van der Waals surface area (Å²) < 4.78 is 43.5. The minimum Gasteiger partial charge on any atom is -0.493 e. The van der Waals surface area contributed by atoms with Crippen LogP contribution in [0.5, 0.6) is 28.7 Å². The summed E-state index contributed by atoms with van der Waals surface area (Å²) >= 11 is 0. The van der Waals surface area contributed by atoms with Crippen molar-refractivity contribution < 1.29 is 47.4 Å². The average molecular weight is 479 g/mol. The lowest BCUT2D eigenvalue weighted by Crippen LogP contribution is -2.21. The van der Waals surface area contributed by atoms with Crippen LogP contribution in [0, 0.1) is 0 Å². The highest BCUT2D eigenvalue weighted by molar-refractivity contribution is 7.46. The van der Waals surface area contributed by atoms with E-state index in [1.165, 1.54) is 34.5 Å². The lowest BCUT2D eigenvalue weighted by molar-refractivity contribution is -0.136. The summed E-state index contributed by atoms with van der Waals surface area (Å²) in [6.45, 7) is -0.0406. The molecule has 3 N–H and O–H groups in total. The van der Waals surface area contributed by atoms with Gasteiger partial charge in [0, 0.05) is 5.92 Å². The maximum absolute atomic E-state index is 12.7. The first-order valence-electron chi connectivity index (χ1n) is 9.65. The molecule has 11 nitrogen and oxygen atoms in total. The number of phosphoric acid groups is 1. The number of fused-ring (bicyclic) bond motifs is 1. The first kappa shape index (κ1) is 22.8. The SMILES string of the molecule is COc1cc(C2C3=C(COC3=O)Nc3c2ccc(OC)c3OP(=O)(O)O)cc(OC)c1OC. The zero-order chi connectivity index (χ0) is 23.9. The predicted molar refractivity (Wildman–Crippen MR) is 115 cm³/mol. The van der Waals surface area contributed by atoms with E-state index in [0.717, 1.165) is 0 Å². The van der Waals surface area contributed by atoms with Crippen molar-refractivity contribution >= 4 is 19.5 Å². The molecule has 2 heterocycles. The number of carbonyl (C=O) groups is 1. The smallest absolute Gasteiger partial charge is 0.493 e. The lowest BCUT2D eigenvalue weighted by atomic mass is 9.80. The Morgan fingerprint density at radius 3 is 2.15 bits per heavy atom. The van der Waals surface area contributed by atoms with Gasteiger partial charge in [0.15, 0.2) is 23.0 Å². The van der Waals surface area contributed by atoms with Gasteiger partial charge in [0.25, 0.3) is 0 Å². The van der Waals surface area contributed by atoms with Crippen molar-refractivity contribution in [3.05, 3.63) is 46.7 Å². The van der Waals surface area contributed by atoms with Crippen LogP contribution in [0.2, 0.25) is 0 Å². The van der Waals surface area contributed by atoms with E-state index >= 15 is 0 Å². The Bertz CT molecular complexity index is 1180. The Hall–Kier alpha value is -3.40. The summed E-state index contributed by atoms with van der Waals surface area (Å²) in [6, 6.07) is 6.58. The van der Waals surface area contributed by atoms with Crippen LogP contribution in [0.1, 0.15) is 17.0 Å². The molecule has 0 fully saturated rings. The van der Waals surface area contributed by atoms with E-state index in [4.69, 9.17) is 28.2 Å². The fourth-order valence-electron chi connectivity index (χ4n) is 4.05. The van der Waals surface area contributed by atoms with Gasteiger partial charge in [0.1, 0.15) is 6.61 Å². The zero-order valence-electron chi connectivity index (χ0n) is 18.2. The minimum absolute atomic E-state index is 0.0406. The first-order valence-corrected chi connectivity index (χ1v) is 11.2. The molecule has 176 valence electrons. The average Bonchev–Trinajstić information content (AvgIpc) is 3.16. The van der Waals surface area contributed by atoms with E-state index in [1.807, 2.05) is 0 Å². The number of hydrogen-bond donors (Lipinski definition) is 3. The Balaban J connectivity index is 1.99. The van der Waals surface area contributed by atoms with Gasteiger partial charge in [-0.2, -0.15) is 0 Å². The number of anilines is 1. The van der Waals surface area contributed by atoms with Crippen molar-refractivity contribution in [3.8, 4) is 28.7 Å². The highest BCUT2D eigenvalue weighted by atomic mass is 31.2. The lowest BCUT2D eigenvalue weighted by Gasteiger charge is -2.30. The van der Waals surface area contributed by atoms with Crippen molar-refractivity contribution in [1.29, 1.82) is 0 Å². The van der Waals surface area contributed by atoms with Crippen LogP contribution in [0.25, 0.3) is 0 Å². The number of phosphoric ester groups is 1. The molecular weight excluding hydrogens is 457 g/mol. The van der Waals surface area contributed by atoms with Gasteiger partial charge in [-0.1, -0.05) is 6.07 Å². The normalized spacial score (nSPS) is 16.9. The van der Waals surface area contributed by atoms with Crippen molar-refractivity contribution in [2.24, 2.45) is 0 Å². The van der Waals surface area contributed by atoms with Gasteiger partial charge in [0.05, 0.1) is 45.4 Å². The molecule has 2 aromatic rings. The Kier molecular flexibility index (Phi) is 5.87. The van der Waals surface area contributed by atoms with Crippen LogP contribution >= 0.6 is 7.82 Å². The van der Waals surface area contributed by atoms with E-state index in [-0.39, 0.29) is 23.8 Å². The van der Waals surface area contributed by atoms with E-state index < -0.39 is 19.7 Å². The molecule has 0 amide bonds.